The number of nitrogens with zero attached hydrogens (tertiary/aromatic N) is 4. The summed E-state index contributed by atoms with van der Waals surface area (Å²) in [5, 5.41) is 8.37. The van der Waals surface area contributed by atoms with Crippen LogP contribution in [0.3, 0.4) is 0 Å². The van der Waals surface area contributed by atoms with Crippen LogP contribution < -0.4 is 0 Å². The number of carbonyl (C=O) groups is 1. The van der Waals surface area contributed by atoms with E-state index >= 15 is 0 Å². The molecule has 1 amide bonds. The molecule has 0 saturated heterocycles. The van der Waals surface area contributed by atoms with Gasteiger partial charge >= 0.3 is 0 Å². The van der Waals surface area contributed by atoms with Crippen LogP contribution in [0, 0.1) is 5.82 Å². The third-order valence-corrected chi connectivity index (χ3v) is 4.32. The van der Waals surface area contributed by atoms with E-state index in [1.54, 1.807) is 19.2 Å². The van der Waals surface area contributed by atoms with Crippen molar-refractivity contribution in [2.75, 3.05) is 13.7 Å². The van der Waals surface area contributed by atoms with E-state index < -0.39 is 0 Å². The molecule has 1 aromatic heterocycles. The first-order valence-corrected chi connectivity index (χ1v) is 8.02. The van der Waals surface area contributed by atoms with Gasteiger partial charge < -0.3 is 14.2 Å². The fraction of sp³-hybridized carbons (Fsp3) is 0.471. The summed E-state index contributed by atoms with van der Waals surface area (Å²) in [5.41, 5.74) is 0.691. The Morgan fingerprint density at radius 1 is 1.38 bits per heavy atom. The zero-order chi connectivity index (χ0) is 17.1. The van der Waals surface area contributed by atoms with Gasteiger partial charge in [-0.3, -0.25) is 4.79 Å². The number of amides is 1. The van der Waals surface area contributed by atoms with Crippen molar-refractivity contribution in [3.05, 3.63) is 47.3 Å². The van der Waals surface area contributed by atoms with Crippen molar-refractivity contribution < 1.29 is 13.9 Å². The second-order valence-corrected chi connectivity index (χ2v) is 6.06. The maximum absolute atomic E-state index is 13.3. The van der Waals surface area contributed by atoms with Crippen LogP contribution in [-0.4, -0.2) is 45.3 Å². The molecule has 6 nitrogen and oxygen atoms in total. The van der Waals surface area contributed by atoms with E-state index in [-0.39, 0.29) is 24.2 Å². The second kappa shape index (κ2) is 7.09. The van der Waals surface area contributed by atoms with Crippen molar-refractivity contribution >= 4 is 5.91 Å². The van der Waals surface area contributed by atoms with Crippen LogP contribution in [0.5, 0.6) is 0 Å². The zero-order valence-corrected chi connectivity index (χ0v) is 13.9. The maximum atomic E-state index is 13.3. The molecule has 7 heteroatoms. The number of hydrogen-bond donors (Lipinski definition) is 0. The van der Waals surface area contributed by atoms with Crippen LogP contribution in [-0.2, 0) is 35.5 Å². The minimum absolute atomic E-state index is 0.0000961. The fourth-order valence-corrected chi connectivity index (χ4v) is 3.11. The molecule has 0 bridgehead atoms. The summed E-state index contributed by atoms with van der Waals surface area (Å²) < 4.78 is 20.5. The monoisotopic (exact) mass is 332 g/mol. The van der Waals surface area contributed by atoms with E-state index in [1.165, 1.54) is 12.1 Å². The maximum Gasteiger partial charge on any atom is 0.227 e. The van der Waals surface area contributed by atoms with Crippen molar-refractivity contribution in [2.24, 2.45) is 0 Å². The van der Waals surface area contributed by atoms with Gasteiger partial charge in [0.15, 0.2) is 5.82 Å². The molecule has 0 spiro atoms. The first-order chi connectivity index (χ1) is 11.6. The average Bonchev–Trinajstić information content (AvgIpc) is 2.81. The number of ether oxygens (including phenoxy) is 1. The largest absolute Gasteiger partial charge is 0.377 e. The molecule has 1 aliphatic rings. The highest BCUT2D eigenvalue weighted by atomic mass is 19.1. The summed E-state index contributed by atoms with van der Waals surface area (Å²) in [5.74, 6) is 1.33. The van der Waals surface area contributed by atoms with Gasteiger partial charge in [0.2, 0.25) is 5.91 Å². The van der Waals surface area contributed by atoms with Gasteiger partial charge in [0.25, 0.3) is 0 Å². The molecule has 24 heavy (non-hydrogen) atoms. The summed E-state index contributed by atoms with van der Waals surface area (Å²) in [7, 11) is 1.62. The Morgan fingerprint density at radius 2 is 2.21 bits per heavy atom. The van der Waals surface area contributed by atoms with E-state index in [2.05, 4.69) is 10.2 Å². The summed E-state index contributed by atoms with van der Waals surface area (Å²) >= 11 is 0. The molecular formula is C17H21FN4O2. The highest BCUT2D eigenvalue weighted by Crippen LogP contribution is 2.17. The van der Waals surface area contributed by atoms with Gasteiger partial charge in [-0.2, -0.15) is 0 Å². The predicted octanol–water partition coefficient (Wildman–Crippen LogP) is 1.58. The standard InChI is InChI=1S/C17H21FN4O2/c1-12-8-15-19-20-16(11-24-2)22(15)7-6-21(12)17(23)10-13-4-3-5-14(18)9-13/h3-5,9,12H,6-8,10-11H2,1-2H3. The first-order valence-electron chi connectivity index (χ1n) is 8.02. The first kappa shape index (κ1) is 16.6. The molecule has 0 fully saturated rings. The Hall–Kier alpha value is -2.28. The lowest BCUT2D eigenvalue weighted by atomic mass is 10.1. The van der Waals surface area contributed by atoms with Crippen LogP contribution in [0.2, 0.25) is 0 Å². The number of benzene rings is 1. The van der Waals surface area contributed by atoms with Crippen LogP contribution in [0.4, 0.5) is 4.39 Å². The average molecular weight is 332 g/mol. The summed E-state index contributed by atoms with van der Waals surface area (Å²) in [6.07, 6.45) is 0.846. The number of hydrogen-bond acceptors (Lipinski definition) is 4. The van der Waals surface area contributed by atoms with E-state index in [9.17, 15) is 9.18 Å². The van der Waals surface area contributed by atoms with Gasteiger partial charge in [0.05, 0.1) is 6.42 Å². The van der Waals surface area contributed by atoms with Gasteiger partial charge in [0, 0.05) is 32.7 Å². The molecule has 128 valence electrons. The third kappa shape index (κ3) is 3.46. The predicted molar refractivity (Wildman–Crippen MR) is 85.7 cm³/mol. The molecule has 1 aliphatic heterocycles. The molecule has 1 aromatic carbocycles. The lowest BCUT2D eigenvalue weighted by molar-refractivity contribution is -0.132. The van der Waals surface area contributed by atoms with Crippen molar-refractivity contribution in [3.63, 3.8) is 0 Å². The van der Waals surface area contributed by atoms with E-state index in [1.807, 2.05) is 16.4 Å². The molecule has 0 saturated carbocycles. The number of halogens is 1. The molecule has 1 atom stereocenters. The van der Waals surface area contributed by atoms with E-state index in [0.29, 0.717) is 31.7 Å². The van der Waals surface area contributed by atoms with Crippen molar-refractivity contribution in [1.29, 1.82) is 0 Å². The number of carbonyl (C=O) groups excluding carboxylic acids is 1. The summed E-state index contributed by atoms with van der Waals surface area (Å²) in [6, 6.07) is 6.21. The Bertz CT molecular complexity index is 731. The lowest BCUT2D eigenvalue weighted by Crippen LogP contribution is -2.41. The molecule has 0 radical (unpaired) electrons. The van der Waals surface area contributed by atoms with Crippen molar-refractivity contribution in [1.82, 2.24) is 19.7 Å². The molecular weight excluding hydrogens is 311 g/mol. The molecule has 2 heterocycles. The zero-order valence-electron chi connectivity index (χ0n) is 13.9. The second-order valence-electron chi connectivity index (χ2n) is 6.06. The molecule has 2 aromatic rings. The number of methoxy groups -OCH3 is 1. The van der Waals surface area contributed by atoms with Crippen LogP contribution >= 0.6 is 0 Å². The smallest absolute Gasteiger partial charge is 0.227 e. The van der Waals surface area contributed by atoms with Gasteiger partial charge in [-0.1, -0.05) is 12.1 Å². The fourth-order valence-electron chi connectivity index (χ4n) is 3.11. The van der Waals surface area contributed by atoms with Gasteiger partial charge in [0.1, 0.15) is 18.2 Å². The van der Waals surface area contributed by atoms with Crippen molar-refractivity contribution in [2.45, 2.75) is 39.0 Å². The minimum Gasteiger partial charge on any atom is -0.377 e. The highest BCUT2D eigenvalue weighted by Gasteiger charge is 2.27. The molecule has 0 N–H and O–H groups in total. The topological polar surface area (TPSA) is 60.3 Å². The third-order valence-electron chi connectivity index (χ3n) is 4.32. The van der Waals surface area contributed by atoms with Crippen LogP contribution in [0.1, 0.15) is 24.1 Å². The van der Waals surface area contributed by atoms with Gasteiger partial charge in [-0.25, -0.2) is 4.39 Å². The minimum atomic E-state index is -0.320. The van der Waals surface area contributed by atoms with Gasteiger partial charge in [-0.15, -0.1) is 10.2 Å². The molecule has 3 rings (SSSR count). The van der Waals surface area contributed by atoms with E-state index in [4.69, 9.17) is 4.74 Å². The normalized spacial score (nSPS) is 17.5. The Kier molecular flexibility index (Phi) is 4.89. The van der Waals surface area contributed by atoms with Crippen LogP contribution in [0.15, 0.2) is 24.3 Å². The SMILES string of the molecule is COCc1nnc2n1CCN(C(=O)Cc1cccc(F)c1)C(C)C2. The highest BCUT2D eigenvalue weighted by molar-refractivity contribution is 5.79. The van der Waals surface area contributed by atoms with Gasteiger partial charge in [-0.05, 0) is 24.6 Å². The Morgan fingerprint density at radius 3 is 2.96 bits per heavy atom. The van der Waals surface area contributed by atoms with Crippen molar-refractivity contribution in [3.8, 4) is 0 Å². The Balaban J connectivity index is 1.72. The number of fused-ring (bicyclic) bond motifs is 1. The number of rotatable bonds is 4. The molecule has 0 aliphatic carbocycles. The Labute approximate surface area is 140 Å². The van der Waals surface area contributed by atoms with E-state index in [0.717, 1.165) is 11.6 Å². The number of aromatic nitrogens is 3. The lowest BCUT2D eigenvalue weighted by Gasteiger charge is -2.26. The quantitative estimate of drug-likeness (QED) is 0.853. The summed E-state index contributed by atoms with van der Waals surface area (Å²) in [6.45, 7) is 3.62. The molecule has 1 unspecified atom stereocenters. The summed E-state index contributed by atoms with van der Waals surface area (Å²) in [4.78, 5) is 14.5. The van der Waals surface area contributed by atoms with Crippen LogP contribution in [0.25, 0.3) is 0 Å².